The fourth-order valence-electron chi connectivity index (χ4n) is 0.443. The third kappa shape index (κ3) is 6.57. The SMILES string of the molecule is CCC(C)O[PH](=O)OCC(N)=NO. The molecular weight excluding hydrogens is 195 g/mol. The van der Waals surface area contributed by atoms with Crippen molar-refractivity contribution >= 4 is 14.1 Å². The fourth-order valence-corrected chi connectivity index (χ4v) is 1.27. The summed E-state index contributed by atoms with van der Waals surface area (Å²) in [6.07, 6.45) is 0.641. The zero-order valence-electron chi connectivity index (χ0n) is 7.69. The van der Waals surface area contributed by atoms with Crippen molar-refractivity contribution < 1.29 is 18.8 Å². The summed E-state index contributed by atoms with van der Waals surface area (Å²) in [5, 5.41) is 10.8. The van der Waals surface area contributed by atoms with Crippen LogP contribution in [0.15, 0.2) is 5.16 Å². The molecule has 13 heavy (non-hydrogen) atoms. The molecule has 0 aliphatic heterocycles. The van der Waals surface area contributed by atoms with Crippen molar-refractivity contribution in [3.8, 4) is 0 Å². The normalized spacial score (nSPS) is 16.9. The van der Waals surface area contributed by atoms with Crippen molar-refractivity contribution in [2.45, 2.75) is 26.4 Å². The molecule has 0 bridgehead atoms. The van der Waals surface area contributed by atoms with Gasteiger partial charge in [-0.2, -0.15) is 0 Å². The van der Waals surface area contributed by atoms with Gasteiger partial charge >= 0.3 is 8.25 Å². The van der Waals surface area contributed by atoms with Gasteiger partial charge in [0.05, 0.1) is 6.10 Å². The standard InChI is InChI=1S/C6H15N2O4P/c1-3-5(2)12-13(10)11-4-6(7)8-9/h5,9,13H,3-4H2,1-2H3,(H2,7,8). The summed E-state index contributed by atoms with van der Waals surface area (Å²) in [4.78, 5) is 0. The molecule has 0 aliphatic carbocycles. The van der Waals surface area contributed by atoms with Gasteiger partial charge in [-0.05, 0) is 13.3 Å². The van der Waals surface area contributed by atoms with Crippen LogP contribution in [0.25, 0.3) is 0 Å². The van der Waals surface area contributed by atoms with Gasteiger partial charge in [0.25, 0.3) is 0 Å². The average molecular weight is 210 g/mol. The molecule has 7 heteroatoms. The van der Waals surface area contributed by atoms with E-state index in [0.717, 1.165) is 6.42 Å². The molecular formula is C6H15N2O4P. The van der Waals surface area contributed by atoms with Crippen LogP contribution in [-0.4, -0.2) is 23.8 Å². The lowest BCUT2D eigenvalue weighted by Gasteiger charge is -2.09. The molecule has 6 nitrogen and oxygen atoms in total. The molecule has 0 saturated heterocycles. The Morgan fingerprint density at radius 2 is 2.38 bits per heavy atom. The first-order valence-corrected chi connectivity index (χ1v) is 5.12. The molecule has 0 aromatic rings. The Kier molecular flexibility index (Phi) is 6.58. The molecule has 0 spiro atoms. The lowest BCUT2D eigenvalue weighted by atomic mass is 10.3. The zero-order chi connectivity index (χ0) is 10.3. The van der Waals surface area contributed by atoms with Crippen molar-refractivity contribution in [2.24, 2.45) is 10.9 Å². The van der Waals surface area contributed by atoms with Gasteiger partial charge in [-0.25, -0.2) is 0 Å². The fraction of sp³-hybridized carbons (Fsp3) is 0.833. The van der Waals surface area contributed by atoms with Crippen molar-refractivity contribution in [3.05, 3.63) is 0 Å². The van der Waals surface area contributed by atoms with Crippen molar-refractivity contribution in [3.63, 3.8) is 0 Å². The lowest BCUT2D eigenvalue weighted by molar-refractivity contribution is 0.182. The summed E-state index contributed by atoms with van der Waals surface area (Å²) >= 11 is 0. The smallest absolute Gasteiger partial charge is 0.319 e. The zero-order valence-corrected chi connectivity index (χ0v) is 8.69. The van der Waals surface area contributed by atoms with E-state index in [-0.39, 0.29) is 18.5 Å². The van der Waals surface area contributed by atoms with Crippen LogP contribution in [-0.2, 0) is 13.6 Å². The number of hydrogen-bond donors (Lipinski definition) is 2. The monoisotopic (exact) mass is 210 g/mol. The van der Waals surface area contributed by atoms with E-state index in [1.807, 2.05) is 6.92 Å². The molecule has 0 aliphatic rings. The van der Waals surface area contributed by atoms with Crippen LogP contribution in [0.4, 0.5) is 0 Å². The van der Waals surface area contributed by atoms with Crippen molar-refractivity contribution in [1.82, 2.24) is 0 Å². The maximum atomic E-state index is 11.0. The lowest BCUT2D eigenvalue weighted by Crippen LogP contribution is -2.17. The number of oxime groups is 1. The van der Waals surface area contributed by atoms with Crippen LogP contribution in [0, 0.1) is 0 Å². The maximum Gasteiger partial charge on any atom is 0.319 e. The van der Waals surface area contributed by atoms with E-state index in [4.69, 9.17) is 15.5 Å². The maximum absolute atomic E-state index is 11.0. The molecule has 2 unspecified atom stereocenters. The highest BCUT2D eigenvalue weighted by molar-refractivity contribution is 7.33. The average Bonchev–Trinajstić information content (AvgIpc) is 2.13. The third-order valence-electron chi connectivity index (χ3n) is 1.34. The predicted molar refractivity (Wildman–Crippen MR) is 49.2 cm³/mol. The van der Waals surface area contributed by atoms with E-state index in [1.165, 1.54) is 0 Å². The Morgan fingerprint density at radius 1 is 1.77 bits per heavy atom. The van der Waals surface area contributed by atoms with E-state index < -0.39 is 8.25 Å². The van der Waals surface area contributed by atoms with Crippen molar-refractivity contribution in [2.75, 3.05) is 6.61 Å². The molecule has 0 radical (unpaired) electrons. The van der Waals surface area contributed by atoms with Gasteiger partial charge in [0.15, 0.2) is 5.84 Å². The van der Waals surface area contributed by atoms with Crippen LogP contribution in [0.2, 0.25) is 0 Å². The van der Waals surface area contributed by atoms with Gasteiger partial charge in [0, 0.05) is 0 Å². The number of amidine groups is 1. The minimum absolute atomic E-state index is 0.112. The van der Waals surface area contributed by atoms with Gasteiger partial charge in [0.2, 0.25) is 0 Å². The van der Waals surface area contributed by atoms with Crippen molar-refractivity contribution in [1.29, 1.82) is 0 Å². The molecule has 0 heterocycles. The summed E-state index contributed by atoms with van der Waals surface area (Å²) < 4.78 is 20.6. The van der Waals surface area contributed by atoms with E-state index in [1.54, 1.807) is 6.92 Å². The van der Waals surface area contributed by atoms with E-state index >= 15 is 0 Å². The number of nitrogens with two attached hydrogens (primary N) is 1. The molecule has 0 rings (SSSR count). The molecule has 0 amide bonds. The first-order chi connectivity index (χ1) is 6.10. The first-order valence-electron chi connectivity index (χ1n) is 3.90. The second kappa shape index (κ2) is 6.88. The second-order valence-electron chi connectivity index (χ2n) is 2.47. The highest BCUT2D eigenvalue weighted by Crippen LogP contribution is 2.26. The van der Waals surface area contributed by atoms with Gasteiger partial charge in [-0.15, -0.1) is 0 Å². The van der Waals surface area contributed by atoms with E-state index in [0.29, 0.717) is 0 Å². The molecule has 0 aromatic heterocycles. The molecule has 2 atom stereocenters. The van der Waals surface area contributed by atoms with Crippen LogP contribution in [0.5, 0.6) is 0 Å². The summed E-state index contributed by atoms with van der Waals surface area (Å²) in [6, 6.07) is 0. The van der Waals surface area contributed by atoms with E-state index in [2.05, 4.69) is 9.68 Å². The van der Waals surface area contributed by atoms with Gasteiger partial charge in [0.1, 0.15) is 6.61 Å². The van der Waals surface area contributed by atoms with Crippen LogP contribution >= 0.6 is 8.25 Å². The Bertz CT molecular complexity index is 197. The third-order valence-corrected chi connectivity index (χ3v) is 2.31. The number of rotatable bonds is 6. The quantitative estimate of drug-likeness (QED) is 0.224. The Labute approximate surface area is 77.7 Å². The summed E-state index contributed by atoms with van der Waals surface area (Å²) in [7, 11) is -2.53. The summed E-state index contributed by atoms with van der Waals surface area (Å²) in [6.45, 7) is 3.50. The highest BCUT2D eigenvalue weighted by Gasteiger charge is 2.06. The molecule has 78 valence electrons. The van der Waals surface area contributed by atoms with Gasteiger partial charge in [-0.3, -0.25) is 4.57 Å². The van der Waals surface area contributed by atoms with Crippen LogP contribution < -0.4 is 5.73 Å². The molecule has 0 fully saturated rings. The Balaban J connectivity index is 3.63. The summed E-state index contributed by atoms with van der Waals surface area (Å²) in [5.41, 5.74) is 5.08. The number of nitrogens with zero attached hydrogens (tertiary/aromatic N) is 1. The largest absolute Gasteiger partial charge is 0.409 e. The second-order valence-corrected chi connectivity index (χ2v) is 3.49. The van der Waals surface area contributed by atoms with E-state index in [9.17, 15) is 4.57 Å². The molecule has 3 N–H and O–H groups in total. The Morgan fingerprint density at radius 3 is 2.85 bits per heavy atom. The van der Waals surface area contributed by atoms with Gasteiger partial charge < -0.3 is 20.0 Å². The van der Waals surface area contributed by atoms with Gasteiger partial charge in [-0.1, -0.05) is 12.1 Å². The molecule has 0 aromatic carbocycles. The molecule has 0 saturated carbocycles. The minimum atomic E-state index is -2.53. The first kappa shape index (κ1) is 12.4. The number of hydrogen-bond acceptors (Lipinski definition) is 5. The predicted octanol–water partition coefficient (Wildman–Crippen LogP) is 0.954. The Hall–Kier alpha value is -0.580. The highest BCUT2D eigenvalue weighted by atomic mass is 31.1. The van der Waals surface area contributed by atoms with Crippen LogP contribution in [0.1, 0.15) is 20.3 Å². The summed E-state index contributed by atoms with van der Waals surface area (Å²) in [5.74, 6) is -0.133. The topological polar surface area (TPSA) is 94.1 Å². The minimum Gasteiger partial charge on any atom is -0.409 e. The van der Waals surface area contributed by atoms with Crippen LogP contribution in [0.3, 0.4) is 0 Å².